The third kappa shape index (κ3) is 5.73. The van der Waals surface area contributed by atoms with Gasteiger partial charge in [-0.1, -0.05) is 26.0 Å². The number of hydrogen-bond donors (Lipinski definition) is 1. The molecule has 0 aliphatic heterocycles. The topological polar surface area (TPSA) is 66.8 Å². The first-order valence-corrected chi connectivity index (χ1v) is 6.75. The molecule has 1 N–H and O–H groups in total. The molecule has 0 fully saturated rings. The number of rotatable bonds is 7. The Morgan fingerprint density at radius 1 is 1.24 bits per heavy atom. The lowest BCUT2D eigenvalue weighted by Crippen LogP contribution is -2.25. The zero-order valence-corrected chi connectivity index (χ0v) is 13.4. The van der Waals surface area contributed by atoms with Gasteiger partial charge >= 0.3 is 11.9 Å². The van der Waals surface area contributed by atoms with Crippen LogP contribution >= 0.6 is 12.4 Å². The van der Waals surface area contributed by atoms with Crippen LogP contribution in [-0.4, -0.2) is 41.6 Å². The normalized spacial score (nSPS) is 10.1. The minimum Gasteiger partial charge on any atom is -0.478 e. The first kappa shape index (κ1) is 19.4. The quantitative estimate of drug-likeness (QED) is 0.619. The summed E-state index contributed by atoms with van der Waals surface area (Å²) in [7, 11) is 0. The number of carboxylic acid groups (broad SMARTS) is 1. The van der Waals surface area contributed by atoms with Crippen LogP contribution in [0.25, 0.3) is 0 Å². The van der Waals surface area contributed by atoms with Gasteiger partial charge in [0.2, 0.25) is 0 Å². The number of likely N-dealkylation sites (N-methyl/N-ethyl adjacent to an activating group) is 1. The third-order valence-electron chi connectivity index (χ3n) is 3.16. The summed E-state index contributed by atoms with van der Waals surface area (Å²) >= 11 is 0. The van der Waals surface area contributed by atoms with E-state index >= 15 is 0 Å². The SMILES string of the molecule is CCN(CC)CCc1cccc(C(=O)O)c1OC(C)=O.Cl. The van der Waals surface area contributed by atoms with Crippen molar-refractivity contribution in [1.82, 2.24) is 4.90 Å². The number of carbonyl (C=O) groups is 2. The molecular formula is C15H22ClNO4. The number of nitrogens with zero attached hydrogens (tertiary/aromatic N) is 1. The zero-order valence-electron chi connectivity index (χ0n) is 12.6. The number of aromatic carboxylic acids is 1. The van der Waals surface area contributed by atoms with Crippen LogP contribution in [0.15, 0.2) is 18.2 Å². The molecule has 0 bridgehead atoms. The highest BCUT2D eigenvalue weighted by molar-refractivity contribution is 5.92. The summed E-state index contributed by atoms with van der Waals surface area (Å²) in [6, 6.07) is 4.92. The monoisotopic (exact) mass is 315 g/mol. The van der Waals surface area contributed by atoms with E-state index in [-0.39, 0.29) is 23.7 Å². The van der Waals surface area contributed by atoms with Gasteiger partial charge in [-0.2, -0.15) is 0 Å². The van der Waals surface area contributed by atoms with Gasteiger partial charge in [-0.05, 0) is 31.1 Å². The summed E-state index contributed by atoms with van der Waals surface area (Å²) in [5.41, 5.74) is 0.768. The average Bonchev–Trinajstić information content (AvgIpc) is 2.40. The fourth-order valence-electron chi connectivity index (χ4n) is 2.03. The Hall–Kier alpha value is -1.59. The highest BCUT2D eigenvalue weighted by atomic mass is 35.5. The lowest BCUT2D eigenvalue weighted by atomic mass is 10.1. The molecule has 0 atom stereocenters. The molecule has 0 aromatic heterocycles. The van der Waals surface area contributed by atoms with Crippen LogP contribution in [0.1, 0.15) is 36.7 Å². The summed E-state index contributed by atoms with van der Waals surface area (Å²) in [6.07, 6.45) is 0.644. The molecule has 0 aliphatic carbocycles. The van der Waals surface area contributed by atoms with Gasteiger partial charge in [-0.15, -0.1) is 12.4 Å². The smallest absolute Gasteiger partial charge is 0.339 e. The van der Waals surface area contributed by atoms with Gasteiger partial charge in [0.1, 0.15) is 11.3 Å². The van der Waals surface area contributed by atoms with Crippen molar-refractivity contribution >= 4 is 24.3 Å². The number of halogens is 1. The van der Waals surface area contributed by atoms with Crippen LogP contribution in [0.5, 0.6) is 5.75 Å². The third-order valence-corrected chi connectivity index (χ3v) is 3.16. The van der Waals surface area contributed by atoms with Crippen molar-refractivity contribution in [1.29, 1.82) is 0 Å². The summed E-state index contributed by atoms with van der Waals surface area (Å²) in [5.74, 6) is -1.44. The molecular weight excluding hydrogens is 294 g/mol. The molecule has 0 aliphatic rings. The van der Waals surface area contributed by atoms with Crippen molar-refractivity contribution in [2.45, 2.75) is 27.2 Å². The van der Waals surface area contributed by atoms with Gasteiger partial charge in [0, 0.05) is 13.5 Å². The molecule has 0 saturated heterocycles. The Balaban J connectivity index is 0.00000400. The average molecular weight is 316 g/mol. The fourth-order valence-corrected chi connectivity index (χ4v) is 2.03. The Labute approximate surface area is 131 Å². The minimum absolute atomic E-state index is 0. The summed E-state index contributed by atoms with van der Waals surface area (Å²) in [5, 5.41) is 9.17. The van der Waals surface area contributed by atoms with E-state index in [1.807, 2.05) is 0 Å². The Morgan fingerprint density at radius 3 is 2.33 bits per heavy atom. The van der Waals surface area contributed by atoms with Crippen LogP contribution in [0.2, 0.25) is 0 Å². The molecule has 0 saturated carbocycles. The van der Waals surface area contributed by atoms with E-state index in [4.69, 9.17) is 4.74 Å². The Bertz CT molecular complexity index is 487. The van der Waals surface area contributed by atoms with E-state index in [0.717, 1.165) is 25.2 Å². The number of hydrogen-bond acceptors (Lipinski definition) is 4. The van der Waals surface area contributed by atoms with Crippen molar-refractivity contribution in [3.8, 4) is 5.75 Å². The predicted molar refractivity (Wildman–Crippen MR) is 83.5 cm³/mol. The van der Waals surface area contributed by atoms with E-state index in [9.17, 15) is 14.7 Å². The van der Waals surface area contributed by atoms with Crippen LogP contribution in [0.4, 0.5) is 0 Å². The van der Waals surface area contributed by atoms with E-state index in [0.29, 0.717) is 6.42 Å². The highest BCUT2D eigenvalue weighted by Crippen LogP contribution is 2.25. The second-order valence-corrected chi connectivity index (χ2v) is 4.47. The van der Waals surface area contributed by atoms with Gasteiger partial charge in [0.15, 0.2) is 0 Å². The molecule has 0 radical (unpaired) electrons. The van der Waals surface area contributed by atoms with Crippen molar-refractivity contribution in [2.75, 3.05) is 19.6 Å². The molecule has 118 valence electrons. The number of carboxylic acids is 1. The van der Waals surface area contributed by atoms with E-state index < -0.39 is 11.9 Å². The highest BCUT2D eigenvalue weighted by Gasteiger charge is 2.17. The first-order chi connectivity index (χ1) is 9.49. The molecule has 0 heterocycles. The lowest BCUT2D eigenvalue weighted by Gasteiger charge is -2.19. The first-order valence-electron chi connectivity index (χ1n) is 6.75. The number of benzene rings is 1. The Kier molecular flexibility index (Phi) is 8.66. The Morgan fingerprint density at radius 2 is 1.86 bits per heavy atom. The number of carbonyl (C=O) groups excluding carboxylic acids is 1. The summed E-state index contributed by atoms with van der Waals surface area (Å²) in [4.78, 5) is 24.6. The lowest BCUT2D eigenvalue weighted by molar-refractivity contribution is -0.131. The molecule has 21 heavy (non-hydrogen) atoms. The molecule has 1 rings (SSSR count). The fraction of sp³-hybridized carbons (Fsp3) is 0.467. The molecule has 1 aromatic carbocycles. The molecule has 0 amide bonds. The maximum absolute atomic E-state index is 11.2. The van der Waals surface area contributed by atoms with Crippen molar-refractivity contribution in [3.05, 3.63) is 29.3 Å². The van der Waals surface area contributed by atoms with Gasteiger partial charge in [0.25, 0.3) is 0 Å². The molecule has 1 aromatic rings. The predicted octanol–water partition coefficient (Wildman–Crippen LogP) is 2.62. The van der Waals surface area contributed by atoms with E-state index in [1.165, 1.54) is 13.0 Å². The van der Waals surface area contributed by atoms with E-state index in [2.05, 4.69) is 18.7 Å². The molecule has 0 unspecified atom stereocenters. The van der Waals surface area contributed by atoms with E-state index in [1.54, 1.807) is 12.1 Å². The van der Waals surface area contributed by atoms with Crippen LogP contribution in [0.3, 0.4) is 0 Å². The molecule has 0 spiro atoms. The summed E-state index contributed by atoms with van der Waals surface area (Å²) < 4.78 is 5.10. The number of para-hydroxylation sites is 1. The van der Waals surface area contributed by atoms with Crippen molar-refractivity contribution in [3.63, 3.8) is 0 Å². The molecule has 6 heteroatoms. The second-order valence-electron chi connectivity index (χ2n) is 4.47. The van der Waals surface area contributed by atoms with Gasteiger partial charge < -0.3 is 14.7 Å². The zero-order chi connectivity index (χ0) is 15.1. The number of esters is 1. The van der Waals surface area contributed by atoms with Crippen LogP contribution in [0, 0.1) is 0 Å². The summed E-state index contributed by atoms with van der Waals surface area (Å²) in [6.45, 7) is 8.07. The standard InChI is InChI=1S/C15H21NO4.ClH/c1-4-16(5-2)10-9-12-7-6-8-13(15(18)19)14(12)20-11(3)17;/h6-8H,4-5,9-10H2,1-3H3,(H,18,19);1H. The van der Waals surface area contributed by atoms with Crippen molar-refractivity contribution in [2.24, 2.45) is 0 Å². The second kappa shape index (κ2) is 9.37. The van der Waals surface area contributed by atoms with Crippen molar-refractivity contribution < 1.29 is 19.4 Å². The van der Waals surface area contributed by atoms with Gasteiger partial charge in [-0.25, -0.2) is 4.79 Å². The maximum Gasteiger partial charge on any atom is 0.339 e. The maximum atomic E-state index is 11.2. The van der Waals surface area contributed by atoms with Crippen LogP contribution in [-0.2, 0) is 11.2 Å². The van der Waals surface area contributed by atoms with Gasteiger partial charge in [-0.3, -0.25) is 4.79 Å². The molecule has 5 nitrogen and oxygen atoms in total. The van der Waals surface area contributed by atoms with Gasteiger partial charge in [0.05, 0.1) is 0 Å². The largest absolute Gasteiger partial charge is 0.478 e. The number of ether oxygens (including phenoxy) is 1. The van der Waals surface area contributed by atoms with Crippen LogP contribution < -0.4 is 4.74 Å². The minimum atomic E-state index is -1.09.